The van der Waals surface area contributed by atoms with Gasteiger partial charge in [-0.15, -0.1) is 0 Å². The monoisotopic (exact) mass is 290 g/mol. The van der Waals surface area contributed by atoms with Crippen LogP contribution in [0.4, 0.5) is 0 Å². The van der Waals surface area contributed by atoms with Gasteiger partial charge in [0.15, 0.2) is 5.17 Å². The summed E-state index contributed by atoms with van der Waals surface area (Å²) in [6.45, 7) is 10.9. The van der Waals surface area contributed by atoms with Crippen molar-refractivity contribution in [2.75, 3.05) is 6.54 Å². The highest BCUT2D eigenvalue weighted by Crippen LogP contribution is 2.31. The normalized spacial score (nSPS) is 19.0. The topological polar surface area (TPSA) is 24.4 Å². The minimum absolute atomic E-state index is 0.388. The Morgan fingerprint density at radius 3 is 2.45 bits per heavy atom. The molecule has 0 aromatic heterocycles. The predicted octanol–water partition coefficient (Wildman–Crippen LogP) is 4.25. The molecule has 20 heavy (non-hydrogen) atoms. The lowest BCUT2D eigenvalue weighted by molar-refractivity contribution is 0.375. The van der Waals surface area contributed by atoms with E-state index in [4.69, 9.17) is 0 Å². The largest absolute Gasteiger partial charge is 0.361 e. The van der Waals surface area contributed by atoms with E-state index in [0.29, 0.717) is 10.7 Å². The Labute approximate surface area is 127 Å². The van der Waals surface area contributed by atoms with E-state index in [1.807, 2.05) is 11.8 Å². The van der Waals surface area contributed by atoms with Gasteiger partial charge < -0.3 is 5.32 Å². The molecule has 1 unspecified atom stereocenters. The third kappa shape index (κ3) is 4.86. The van der Waals surface area contributed by atoms with E-state index >= 15 is 0 Å². The zero-order chi connectivity index (χ0) is 14.6. The van der Waals surface area contributed by atoms with E-state index in [1.165, 1.54) is 17.5 Å². The van der Waals surface area contributed by atoms with Crippen LogP contribution in [-0.2, 0) is 13.0 Å². The number of aryl methyl sites for hydroxylation is 1. The molecule has 0 radical (unpaired) electrons. The summed E-state index contributed by atoms with van der Waals surface area (Å²) in [5, 5.41) is 5.21. The van der Waals surface area contributed by atoms with Crippen molar-refractivity contribution < 1.29 is 0 Å². The van der Waals surface area contributed by atoms with Crippen LogP contribution in [0.5, 0.6) is 0 Å². The molecule has 0 bridgehead atoms. The second-order valence-corrected chi connectivity index (χ2v) is 7.96. The Morgan fingerprint density at radius 1 is 1.20 bits per heavy atom. The molecule has 3 heteroatoms. The van der Waals surface area contributed by atoms with Gasteiger partial charge in [0.25, 0.3) is 0 Å². The Hall–Kier alpha value is -0.960. The first-order valence-electron chi connectivity index (χ1n) is 7.49. The Balaban J connectivity index is 1.77. The van der Waals surface area contributed by atoms with Crippen molar-refractivity contribution in [2.45, 2.75) is 52.3 Å². The van der Waals surface area contributed by atoms with E-state index in [-0.39, 0.29) is 0 Å². The molecule has 0 aliphatic carbocycles. The summed E-state index contributed by atoms with van der Waals surface area (Å²) < 4.78 is 0. The van der Waals surface area contributed by atoms with E-state index in [9.17, 15) is 0 Å². The van der Waals surface area contributed by atoms with E-state index < -0.39 is 0 Å². The lowest BCUT2D eigenvalue weighted by Gasteiger charge is -2.21. The highest BCUT2D eigenvalue weighted by molar-refractivity contribution is 8.14. The van der Waals surface area contributed by atoms with Crippen LogP contribution >= 0.6 is 11.8 Å². The lowest BCUT2D eigenvalue weighted by atomic mass is 9.90. The molecule has 0 fully saturated rings. The Morgan fingerprint density at radius 2 is 1.85 bits per heavy atom. The zero-order valence-electron chi connectivity index (χ0n) is 13.1. The van der Waals surface area contributed by atoms with Crippen LogP contribution in [0.1, 0.15) is 45.2 Å². The first kappa shape index (κ1) is 15.4. The van der Waals surface area contributed by atoms with Crippen molar-refractivity contribution in [3.05, 3.63) is 35.4 Å². The van der Waals surface area contributed by atoms with E-state index in [0.717, 1.165) is 24.7 Å². The standard InChI is InChI=1S/C17H26N2S/c1-5-13-6-8-14(9-7-13)11-18-16-19-12-15(20-16)10-17(2,3)4/h6-9,15H,5,10-12H2,1-4H3,(H,18,19). The maximum absolute atomic E-state index is 4.62. The van der Waals surface area contributed by atoms with Crippen LogP contribution in [-0.4, -0.2) is 17.0 Å². The molecule has 1 aromatic rings. The first-order valence-corrected chi connectivity index (χ1v) is 8.37. The number of thioether (sulfide) groups is 1. The summed E-state index contributed by atoms with van der Waals surface area (Å²) in [5.74, 6) is 0. The third-order valence-electron chi connectivity index (χ3n) is 3.43. The smallest absolute Gasteiger partial charge is 0.157 e. The number of aliphatic imine (C=N–C) groups is 1. The number of hydrogen-bond donors (Lipinski definition) is 1. The predicted molar refractivity (Wildman–Crippen MR) is 90.4 cm³/mol. The summed E-state index contributed by atoms with van der Waals surface area (Å²) in [6.07, 6.45) is 2.32. The van der Waals surface area contributed by atoms with Gasteiger partial charge in [-0.05, 0) is 29.4 Å². The minimum Gasteiger partial charge on any atom is -0.361 e. The molecule has 1 aliphatic heterocycles. The molecule has 0 saturated heterocycles. The second-order valence-electron chi connectivity index (χ2n) is 6.67. The fourth-order valence-corrected chi connectivity index (χ4v) is 3.73. The fourth-order valence-electron chi connectivity index (χ4n) is 2.37. The summed E-state index contributed by atoms with van der Waals surface area (Å²) in [4.78, 5) is 4.62. The molecule has 0 amide bonds. The molecule has 110 valence electrons. The molecular formula is C17H26N2S. The summed E-state index contributed by atoms with van der Waals surface area (Å²) in [6, 6.07) is 8.84. The van der Waals surface area contributed by atoms with Crippen LogP contribution in [0.2, 0.25) is 0 Å². The van der Waals surface area contributed by atoms with E-state index in [1.54, 1.807) is 0 Å². The average molecular weight is 290 g/mol. The van der Waals surface area contributed by atoms with Crippen LogP contribution in [0.15, 0.2) is 29.3 Å². The number of nitrogens with one attached hydrogen (secondary N) is 1. The zero-order valence-corrected chi connectivity index (χ0v) is 13.9. The van der Waals surface area contributed by atoms with Gasteiger partial charge in [-0.2, -0.15) is 0 Å². The van der Waals surface area contributed by atoms with Crippen molar-refractivity contribution in [1.29, 1.82) is 0 Å². The van der Waals surface area contributed by atoms with Gasteiger partial charge in [0.2, 0.25) is 0 Å². The van der Waals surface area contributed by atoms with Crippen LogP contribution in [0, 0.1) is 5.41 Å². The van der Waals surface area contributed by atoms with Gasteiger partial charge in [-0.1, -0.05) is 63.7 Å². The highest BCUT2D eigenvalue weighted by Gasteiger charge is 2.24. The number of rotatable bonds is 4. The number of amidine groups is 1. The van der Waals surface area contributed by atoms with Crippen LogP contribution < -0.4 is 5.32 Å². The lowest BCUT2D eigenvalue weighted by Crippen LogP contribution is -2.20. The highest BCUT2D eigenvalue weighted by atomic mass is 32.2. The van der Waals surface area contributed by atoms with Gasteiger partial charge in [0.1, 0.15) is 0 Å². The van der Waals surface area contributed by atoms with Crippen molar-refractivity contribution >= 4 is 16.9 Å². The van der Waals surface area contributed by atoms with Gasteiger partial charge in [-0.3, -0.25) is 4.99 Å². The molecule has 1 aromatic carbocycles. The Bertz CT molecular complexity index is 457. The number of nitrogens with zero attached hydrogens (tertiary/aromatic N) is 1. The maximum atomic E-state index is 4.62. The van der Waals surface area contributed by atoms with Crippen molar-refractivity contribution in [3.63, 3.8) is 0 Å². The molecule has 2 rings (SSSR count). The number of benzene rings is 1. The summed E-state index contributed by atoms with van der Waals surface area (Å²) in [5.41, 5.74) is 3.11. The molecule has 0 spiro atoms. The number of hydrogen-bond acceptors (Lipinski definition) is 3. The summed E-state index contributed by atoms with van der Waals surface area (Å²) in [7, 11) is 0. The van der Waals surface area contributed by atoms with Crippen LogP contribution in [0.3, 0.4) is 0 Å². The SMILES string of the molecule is CCc1ccc(CNC2=NCC(CC(C)(C)C)S2)cc1. The minimum atomic E-state index is 0.388. The molecule has 2 nitrogen and oxygen atoms in total. The molecule has 0 saturated carbocycles. The fraction of sp³-hybridized carbons (Fsp3) is 0.588. The molecule has 1 aliphatic rings. The maximum Gasteiger partial charge on any atom is 0.157 e. The third-order valence-corrected chi connectivity index (χ3v) is 4.58. The Kier molecular flexibility index (Phi) is 5.14. The quantitative estimate of drug-likeness (QED) is 0.896. The van der Waals surface area contributed by atoms with Gasteiger partial charge in [-0.25, -0.2) is 0 Å². The molecular weight excluding hydrogens is 264 g/mol. The average Bonchev–Trinajstić information content (AvgIpc) is 2.82. The van der Waals surface area contributed by atoms with Gasteiger partial charge in [0.05, 0.1) is 6.54 Å². The molecule has 1 atom stereocenters. The molecule has 1 heterocycles. The first-order chi connectivity index (χ1) is 9.46. The van der Waals surface area contributed by atoms with Gasteiger partial charge in [0, 0.05) is 11.8 Å². The summed E-state index contributed by atoms with van der Waals surface area (Å²) >= 11 is 1.90. The van der Waals surface area contributed by atoms with Crippen LogP contribution in [0.25, 0.3) is 0 Å². The van der Waals surface area contributed by atoms with E-state index in [2.05, 4.69) is 62.3 Å². The second kappa shape index (κ2) is 6.66. The van der Waals surface area contributed by atoms with Gasteiger partial charge >= 0.3 is 0 Å². The van der Waals surface area contributed by atoms with Crippen molar-refractivity contribution in [2.24, 2.45) is 10.4 Å². The van der Waals surface area contributed by atoms with Crippen molar-refractivity contribution in [3.8, 4) is 0 Å². The van der Waals surface area contributed by atoms with Crippen molar-refractivity contribution in [1.82, 2.24) is 5.32 Å². The molecule has 1 N–H and O–H groups in total.